The van der Waals surface area contributed by atoms with Crippen LogP contribution in [0.1, 0.15) is 38.3 Å². The fraction of sp³-hybridized carbons (Fsp3) is 0.647. The zero-order valence-corrected chi connectivity index (χ0v) is 13.6. The van der Waals surface area contributed by atoms with Gasteiger partial charge in [-0.1, -0.05) is 32.0 Å². The molecule has 0 aliphatic rings. The molecule has 1 aromatic carbocycles. The summed E-state index contributed by atoms with van der Waals surface area (Å²) in [4.78, 5) is 2.20. The van der Waals surface area contributed by atoms with Crippen LogP contribution in [-0.2, 0) is 4.74 Å². The average Bonchev–Trinajstić information content (AvgIpc) is 2.53. The van der Waals surface area contributed by atoms with Gasteiger partial charge in [0.2, 0.25) is 0 Å². The van der Waals surface area contributed by atoms with Crippen molar-refractivity contribution in [1.29, 1.82) is 0 Å². The van der Waals surface area contributed by atoms with Crippen LogP contribution in [-0.4, -0.2) is 45.1 Å². The normalized spacial score (nSPS) is 12.4. The number of anilines is 1. The Morgan fingerprint density at radius 2 is 2.00 bits per heavy atom. The fourth-order valence-corrected chi connectivity index (χ4v) is 2.54. The van der Waals surface area contributed by atoms with Crippen molar-refractivity contribution in [3.8, 4) is 0 Å². The van der Waals surface area contributed by atoms with Gasteiger partial charge in [0.25, 0.3) is 0 Å². The highest BCUT2D eigenvalue weighted by Gasteiger charge is 2.16. The first-order valence-corrected chi connectivity index (χ1v) is 7.95. The number of benzene rings is 1. The molecule has 0 aliphatic heterocycles. The Morgan fingerprint density at radius 1 is 1.24 bits per heavy atom. The van der Waals surface area contributed by atoms with Gasteiger partial charge in [0.15, 0.2) is 0 Å². The van der Waals surface area contributed by atoms with Gasteiger partial charge in [-0.3, -0.25) is 0 Å². The second-order valence-electron chi connectivity index (χ2n) is 5.18. The summed E-state index contributed by atoms with van der Waals surface area (Å²) in [6.07, 6.45) is 2.18. The molecule has 1 aromatic rings. The fourth-order valence-electron chi connectivity index (χ4n) is 2.54. The molecule has 0 radical (unpaired) electrons. The van der Waals surface area contributed by atoms with E-state index >= 15 is 0 Å². The van der Waals surface area contributed by atoms with Gasteiger partial charge in [0, 0.05) is 31.9 Å². The maximum Gasteiger partial charge on any atom is 0.0637 e. The third-order valence-corrected chi connectivity index (χ3v) is 3.64. The first-order chi connectivity index (χ1) is 10.3. The van der Waals surface area contributed by atoms with Gasteiger partial charge < -0.3 is 20.1 Å². The summed E-state index contributed by atoms with van der Waals surface area (Å²) in [5.41, 5.74) is 2.50. The smallest absolute Gasteiger partial charge is 0.0637 e. The molecule has 4 nitrogen and oxygen atoms in total. The van der Waals surface area contributed by atoms with E-state index in [4.69, 9.17) is 4.74 Å². The number of methoxy groups -OCH3 is 1. The highest BCUT2D eigenvalue weighted by atomic mass is 16.5. The molecular weight excluding hydrogens is 264 g/mol. The van der Waals surface area contributed by atoms with E-state index in [-0.39, 0.29) is 6.61 Å². The van der Waals surface area contributed by atoms with Crippen molar-refractivity contribution in [3.63, 3.8) is 0 Å². The molecule has 120 valence electrons. The maximum absolute atomic E-state index is 9.33. The van der Waals surface area contributed by atoms with Crippen LogP contribution in [0, 0.1) is 0 Å². The predicted molar refractivity (Wildman–Crippen MR) is 88.9 cm³/mol. The summed E-state index contributed by atoms with van der Waals surface area (Å²) in [6.45, 7) is 7.64. The number of para-hydroxylation sites is 1. The first kappa shape index (κ1) is 18.0. The van der Waals surface area contributed by atoms with E-state index in [1.165, 1.54) is 11.3 Å². The summed E-state index contributed by atoms with van der Waals surface area (Å²) in [5, 5.41) is 12.9. The van der Waals surface area contributed by atoms with Crippen LogP contribution >= 0.6 is 0 Å². The summed E-state index contributed by atoms with van der Waals surface area (Å²) in [5.74, 6) is 0. The highest BCUT2D eigenvalue weighted by molar-refractivity contribution is 5.55. The van der Waals surface area contributed by atoms with Crippen molar-refractivity contribution in [2.75, 3.05) is 44.9 Å². The minimum absolute atomic E-state index is 0.150. The summed E-state index contributed by atoms with van der Waals surface area (Å²) >= 11 is 0. The maximum atomic E-state index is 9.33. The van der Waals surface area contributed by atoms with Crippen LogP contribution in [0.2, 0.25) is 0 Å². The third-order valence-electron chi connectivity index (χ3n) is 3.64. The minimum atomic E-state index is 0.150. The molecule has 2 N–H and O–H groups in total. The zero-order chi connectivity index (χ0) is 15.5. The number of rotatable bonds is 11. The second-order valence-corrected chi connectivity index (χ2v) is 5.18. The van der Waals surface area contributed by atoms with Gasteiger partial charge in [-0.05, 0) is 31.0 Å². The summed E-state index contributed by atoms with van der Waals surface area (Å²) < 4.78 is 5.19. The standard InChI is InChI=1S/C17H30N2O2/c1-4-10-18-16(5-2)15-8-6-7-9-17(15)19(11-13-20)12-14-21-3/h6-9,16,18,20H,4-5,10-14H2,1-3H3. The average molecular weight is 294 g/mol. The van der Waals surface area contributed by atoms with E-state index in [2.05, 4.69) is 48.3 Å². The lowest BCUT2D eigenvalue weighted by molar-refractivity contribution is 0.203. The molecule has 0 heterocycles. The number of ether oxygens (including phenoxy) is 1. The molecule has 0 bridgehead atoms. The predicted octanol–water partition coefficient (Wildman–Crippen LogP) is 2.58. The number of nitrogens with zero attached hydrogens (tertiary/aromatic N) is 1. The van der Waals surface area contributed by atoms with Crippen LogP contribution < -0.4 is 10.2 Å². The number of aliphatic hydroxyl groups excluding tert-OH is 1. The van der Waals surface area contributed by atoms with Crippen LogP contribution in [0.15, 0.2) is 24.3 Å². The highest BCUT2D eigenvalue weighted by Crippen LogP contribution is 2.28. The SMILES string of the molecule is CCCNC(CC)c1ccccc1N(CCO)CCOC. The monoisotopic (exact) mass is 294 g/mol. The molecule has 0 spiro atoms. The van der Waals surface area contributed by atoms with Crippen molar-refractivity contribution in [2.24, 2.45) is 0 Å². The molecule has 4 heteroatoms. The van der Waals surface area contributed by atoms with Crippen LogP contribution in [0.3, 0.4) is 0 Å². The van der Waals surface area contributed by atoms with Gasteiger partial charge in [0.05, 0.1) is 13.2 Å². The zero-order valence-electron chi connectivity index (χ0n) is 13.6. The molecule has 0 aliphatic carbocycles. The van der Waals surface area contributed by atoms with Crippen molar-refractivity contribution in [2.45, 2.75) is 32.7 Å². The van der Waals surface area contributed by atoms with Gasteiger partial charge >= 0.3 is 0 Å². The number of hydrogen-bond acceptors (Lipinski definition) is 4. The molecule has 0 amide bonds. The van der Waals surface area contributed by atoms with Gasteiger partial charge in [0.1, 0.15) is 0 Å². The van der Waals surface area contributed by atoms with Crippen LogP contribution in [0.4, 0.5) is 5.69 Å². The number of hydrogen-bond donors (Lipinski definition) is 2. The Balaban J connectivity index is 2.97. The Hall–Kier alpha value is -1.10. The van der Waals surface area contributed by atoms with E-state index < -0.39 is 0 Å². The van der Waals surface area contributed by atoms with Crippen molar-refractivity contribution in [1.82, 2.24) is 5.32 Å². The third kappa shape index (κ3) is 5.65. The summed E-state index contributed by atoms with van der Waals surface area (Å²) in [6, 6.07) is 8.82. The van der Waals surface area contributed by atoms with E-state index in [0.29, 0.717) is 19.2 Å². The number of nitrogens with one attached hydrogen (secondary N) is 1. The lowest BCUT2D eigenvalue weighted by atomic mass is 10.0. The molecular formula is C17H30N2O2. The topological polar surface area (TPSA) is 44.7 Å². The molecule has 21 heavy (non-hydrogen) atoms. The molecule has 0 fully saturated rings. The molecule has 0 saturated heterocycles. The van der Waals surface area contributed by atoms with Crippen molar-refractivity contribution in [3.05, 3.63) is 29.8 Å². The van der Waals surface area contributed by atoms with E-state index in [1.54, 1.807) is 7.11 Å². The first-order valence-electron chi connectivity index (χ1n) is 7.95. The Bertz CT molecular complexity index is 385. The Morgan fingerprint density at radius 3 is 2.62 bits per heavy atom. The lowest BCUT2D eigenvalue weighted by Crippen LogP contribution is -2.32. The quantitative estimate of drug-likeness (QED) is 0.658. The molecule has 0 aromatic heterocycles. The number of aliphatic hydroxyl groups is 1. The van der Waals surface area contributed by atoms with E-state index in [9.17, 15) is 5.11 Å². The molecule has 1 unspecified atom stereocenters. The molecule has 0 saturated carbocycles. The van der Waals surface area contributed by atoms with Crippen LogP contribution in [0.25, 0.3) is 0 Å². The van der Waals surface area contributed by atoms with Gasteiger partial charge in [-0.25, -0.2) is 0 Å². The molecule has 1 atom stereocenters. The Labute approximate surface area is 129 Å². The second kappa shape index (κ2) is 10.6. The lowest BCUT2D eigenvalue weighted by Gasteiger charge is -2.29. The van der Waals surface area contributed by atoms with Crippen molar-refractivity contribution >= 4 is 5.69 Å². The summed E-state index contributed by atoms with van der Waals surface area (Å²) in [7, 11) is 1.71. The van der Waals surface area contributed by atoms with Crippen molar-refractivity contribution < 1.29 is 9.84 Å². The minimum Gasteiger partial charge on any atom is -0.395 e. The Kier molecular flexibility index (Phi) is 9.06. The largest absolute Gasteiger partial charge is 0.395 e. The van der Waals surface area contributed by atoms with Crippen LogP contribution in [0.5, 0.6) is 0 Å². The van der Waals surface area contributed by atoms with Gasteiger partial charge in [-0.2, -0.15) is 0 Å². The van der Waals surface area contributed by atoms with E-state index in [0.717, 1.165) is 25.9 Å². The van der Waals surface area contributed by atoms with E-state index in [1.807, 2.05) is 0 Å². The molecule has 1 rings (SSSR count). The van der Waals surface area contributed by atoms with Gasteiger partial charge in [-0.15, -0.1) is 0 Å².